The summed E-state index contributed by atoms with van der Waals surface area (Å²) in [5, 5.41) is 11.2. The quantitative estimate of drug-likeness (QED) is 0.891. The van der Waals surface area contributed by atoms with Crippen LogP contribution in [0.2, 0.25) is 0 Å². The highest BCUT2D eigenvalue weighted by Gasteiger charge is 2.17. The minimum atomic E-state index is 0.672. The van der Waals surface area contributed by atoms with Crippen molar-refractivity contribution >= 4 is 34.6 Å². The van der Waals surface area contributed by atoms with Gasteiger partial charge in [0, 0.05) is 25.4 Å². The number of hydrogen-bond donors (Lipinski definition) is 2. The molecule has 0 aromatic carbocycles. The Morgan fingerprint density at radius 1 is 1.37 bits per heavy atom. The summed E-state index contributed by atoms with van der Waals surface area (Å²) >= 11 is 2.01. The highest BCUT2D eigenvalue weighted by Crippen LogP contribution is 2.25. The van der Waals surface area contributed by atoms with E-state index in [-0.39, 0.29) is 0 Å². The number of hydrogen-bond acceptors (Lipinski definition) is 6. The number of H-pyrrole nitrogens is 1. The Morgan fingerprint density at radius 3 is 3.21 bits per heavy atom. The molecule has 1 aliphatic rings. The van der Waals surface area contributed by atoms with Crippen LogP contribution in [0.5, 0.6) is 0 Å². The van der Waals surface area contributed by atoms with Crippen LogP contribution in [0.25, 0.3) is 11.0 Å². The van der Waals surface area contributed by atoms with Gasteiger partial charge >= 0.3 is 0 Å². The van der Waals surface area contributed by atoms with E-state index < -0.39 is 0 Å². The van der Waals surface area contributed by atoms with E-state index in [9.17, 15) is 0 Å². The van der Waals surface area contributed by atoms with Gasteiger partial charge in [0.05, 0.1) is 11.6 Å². The van der Waals surface area contributed by atoms with E-state index in [2.05, 4.69) is 30.4 Å². The van der Waals surface area contributed by atoms with Crippen LogP contribution in [0.1, 0.15) is 13.3 Å². The number of thioether (sulfide) groups is 1. The Bertz CT molecular complexity index is 546. The first-order valence-corrected chi connectivity index (χ1v) is 7.81. The summed E-state index contributed by atoms with van der Waals surface area (Å²) in [6.45, 7) is 4.95. The molecule has 3 rings (SSSR count). The molecule has 0 atom stereocenters. The number of aromatic amines is 1. The molecule has 3 heterocycles. The molecule has 2 N–H and O–H groups in total. The topological polar surface area (TPSA) is 69.7 Å². The Labute approximate surface area is 116 Å². The summed E-state index contributed by atoms with van der Waals surface area (Å²) in [6.07, 6.45) is 3.02. The smallest absolute Gasteiger partial charge is 0.226 e. The molecule has 2 aromatic heterocycles. The number of fused-ring (bicyclic) bond motifs is 1. The maximum Gasteiger partial charge on any atom is 0.226 e. The van der Waals surface area contributed by atoms with Gasteiger partial charge in [-0.3, -0.25) is 5.10 Å². The molecule has 0 bridgehead atoms. The zero-order chi connectivity index (χ0) is 13.1. The summed E-state index contributed by atoms with van der Waals surface area (Å²) in [5.41, 5.74) is 0.804. The van der Waals surface area contributed by atoms with Gasteiger partial charge in [0.2, 0.25) is 5.95 Å². The summed E-state index contributed by atoms with van der Waals surface area (Å²) in [6, 6.07) is 0. The monoisotopic (exact) mass is 278 g/mol. The number of nitrogens with one attached hydrogen (secondary N) is 2. The number of anilines is 2. The second-order valence-electron chi connectivity index (χ2n) is 4.49. The van der Waals surface area contributed by atoms with Gasteiger partial charge in [0.25, 0.3) is 0 Å². The molecule has 0 aliphatic carbocycles. The fraction of sp³-hybridized carbons (Fsp3) is 0.583. The summed E-state index contributed by atoms with van der Waals surface area (Å²) in [4.78, 5) is 11.4. The van der Waals surface area contributed by atoms with Gasteiger partial charge in [-0.25, -0.2) is 0 Å². The average Bonchev–Trinajstić information content (AvgIpc) is 2.72. The zero-order valence-corrected chi connectivity index (χ0v) is 11.8. The van der Waals surface area contributed by atoms with Crippen LogP contribution in [0.4, 0.5) is 11.8 Å². The molecule has 6 nitrogen and oxygen atoms in total. The molecule has 0 spiro atoms. The van der Waals surface area contributed by atoms with Gasteiger partial charge in [0.15, 0.2) is 5.65 Å². The fourth-order valence-corrected chi connectivity index (χ4v) is 3.14. The molecule has 1 fully saturated rings. The standard InChI is InChI=1S/C12H18N6S/c1-2-13-12-15-10-9(8-14-17-10)11(16-12)18-4-3-6-19-7-5-18/h8H,2-7H2,1H3,(H2,13,14,15,16,17). The van der Waals surface area contributed by atoms with Gasteiger partial charge in [-0.1, -0.05) is 0 Å². The first-order chi connectivity index (χ1) is 9.38. The molecule has 1 aliphatic heterocycles. The minimum Gasteiger partial charge on any atom is -0.355 e. The molecule has 0 unspecified atom stereocenters. The normalized spacial score (nSPS) is 16.6. The van der Waals surface area contributed by atoms with Crippen LogP contribution in [0.15, 0.2) is 6.20 Å². The van der Waals surface area contributed by atoms with E-state index in [1.165, 1.54) is 12.2 Å². The lowest BCUT2D eigenvalue weighted by molar-refractivity contribution is 0.804. The third-order valence-electron chi connectivity index (χ3n) is 3.15. The van der Waals surface area contributed by atoms with Gasteiger partial charge in [-0.05, 0) is 19.1 Å². The lowest BCUT2D eigenvalue weighted by atomic mass is 10.3. The Morgan fingerprint density at radius 2 is 2.32 bits per heavy atom. The molecule has 102 valence electrons. The maximum atomic E-state index is 4.66. The van der Waals surface area contributed by atoms with Crippen molar-refractivity contribution in [2.45, 2.75) is 13.3 Å². The summed E-state index contributed by atoms with van der Waals surface area (Å²) in [5.74, 6) is 4.05. The van der Waals surface area contributed by atoms with Crippen molar-refractivity contribution in [2.24, 2.45) is 0 Å². The van der Waals surface area contributed by atoms with Crippen LogP contribution < -0.4 is 10.2 Å². The van der Waals surface area contributed by atoms with E-state index in [0.29, 0.717) is 5.95 Å². The summed E-state index contributed by atoms with van der Waals surface area (Å²) in [7, 11) is 0. The molecule has 7 heteroatoms. The van der Waals surface area contributed by atoms with Crippen LogP contribution in [-0.2, 0) is 0 Å². The number of rotatable bonds is 3. The highest BCUT2D eigenvalue weighted by atomic mass is 32.2. The molecule has 0 saturated carbocycles. The third-order valence-corrected chi connectivity index (χ3v) is 4.19. The Hall–Kier alpha value is -1.50. The molecule has 0 amide bonds. The van der Waals surface area contributed by atoms with Crippen molar-refractivity contribution < 1.29 is 0 Å². The second kappa shape index (κ2) is 5.64. The molecule has 1 saturated heterocycles. The van der Waals surface area contributed by atoms with Gasteiger partial charge in [0.1, 0.15) is 5.82 Å². The van der Waals surface area contributed by atoms with Crippen molar-refractivity contribution in [1.82, 2.24) is 20.2 Å². The molecule has 0 radical (unpaired) electrons. The van der Waals surface area contributed by atoms with E-state index in [4.69, 9.17) is 0 Å². The van der Waals surface area contributed by atoms with Crippen LogP contribution >= 0.6 is 11.8 Å². The van der Waals surface area contributed by atoms with E-state index in [1.54, 1.807) is 0 Å². The second-order valence-corrected chi connectivity index (χ2v) is 5.71. The van der Waals surface area contributed by atoms with Gasteiger partial charge in [-0.15, -0.1) is 0 Å². The predicted octanol–water partition coefficient (Wildman–Crippen LogP) is 1.73. The predicted molar refractivity (Wildman–Crippen MR) is 80.0 cm³/mol. The van der Waals surface area contributed by atoms with E-state index in [1.807, 2.05) is 24.9 Å². The van der Waals surface area contributed by atoms with Crippen molar-refractivity contribution in [2.75, 3.05) is 41.4 Å². The van der Waals surface area contributed by atoms with Crippen LogP contribution in [-0.4, -0.2) is 51.3 Å². The number of aromatic nitrogens is 4. The average molecular weight is 278 g/mol. The summed E-state index contributed by atoms with van der Waals surface area (Å²) < 4.78 is 0. The van der Waals surface area contributed by atoms with Crippen LogP contribution in [0, 0.1) is 0 Å². The first kappa shape index (κ1) is 12.5. The minimum absolute atomic E-state index is 0.672. The maximum absolute atomic E-state index is 4.66. The van der Waals surface area contributed by atoms with Crippen molar-refractivity contribution in [1.29, 1.82) is 0 Å². The SMILES string of the molecule is CCNc1nc(N2CCCSCC2)c2cn[nH]c2n1. The molecule has 19 heavy (non-hydrogen) atoms. The van der Waals surface area contributed by atoms with E-state index in [0.717, 1.165) is 42.2 Å². The Kier molecular flexibility index (Phi) is 3.72. The fourth-order valence-electron chi connectivity index (χ4n) is 2.26. The zero-order valence-electron chi connectivity index (χ0n) is 11.0. The lowest BCUT2D eigenvalue weighted by Crippen LogP contribution is -2.27. The van der Waals surface area contributed by atoms with Gasteiger partial charge in [-0.2, -0.15) is 26.8 Å². The Balaban J connectivity index is 2.01. The van der Waals surface area contributed by atoms with E-state index >= 15 is 0 Å². The van der Waals surface area contributed by atoms with Crippen molar-refractivity contribution in [3.63, 3.8) is 0 Å². The molecule has 2 aromatic rings. The highest BCUT2D eigenvalue weighted by molar-refractivity contribution is 7.99. The third kappa shape index (κ3) is 2.60. The molecular weight excluding hydrogens is 260 g/mol. The van der Waals surface area contributed by atoms with Crippen LogP contribution in [0.3, 0.4) is 0 Å². The van der Waals surface area contributed by atoms with Crippen molar-refractivity contribution in [3.8, 4) is 0 Å². The first-order valence-electron chi connectivity index (χ1n) is 6.66. The largest absolute Gasteiger partial charge is 0.355 e. The molecular formula is C12H18N6S. The number of nitrogens with zero attached hydrogens (tertiary/aromatic N) is 4. The van der Waals surface area contributed by atoms with Crippen molar-refractivity contribution in [3.05, 3.63) is 6.20 Å². The lowest BCUT2D eigenvalue weighted by Gasteiger charge is -2.22. The van der Waals surface area contributed by atoms with Gasteiger partial charge < -0.3 is 10.2 Å².